The van der Waals surface area contributed by atoms with Gasteiger partial charge in [0, 0.05) is 0 Å². The van der Waals surface area contributed by atoms with Crippen LogP contribution in [-0.4, -0.2) is 86.2 Å². The van der Waals surface area contributed by atoms with Crippen LogP contribution in [0.4, 0.5) is 110 Å². The van der Waals surface area contributed by atoms with Crippen molar-refractivity contribution in [1.29, 1.82) is 0 Å². The topological polar surface area (TPSA) is 43.4 Å². The van der Waals surface area contributed by atoms with Gasteiger partial charge in [-0.1, -0.05) is 0 Å². The zero-order chi connectivity index (χ0) is 35.0. The maximum absolute atomic E-state index is 13.5. The van der Waals surface area contributed by atoms with Crippen molar-refractivity contribution in [2.24, 2.45) is 0 Å². The summed E-state index contributed by atoms with van der Waals surface area (Å²) in [5, 5.41) is -8.19. The Labute approximate surface area is 211 Å². The Morgan fingerprint density at radius 3 is 1.07 bits per heavy atom. The third-order valence-corrected chi connectivity index (χ3v) is 5.87. The standard InChI is InChI=1S/C13H3F25O3S/c14-2(15)4(18,19)6(22,23)8(26,27)9(28,29)7(24,25)5(20,21)3(16,17)1-41-42(39,40)13(37,38)11(32,33)10(30,31)12(34,35)36/h2H,1H2. The molecule has 0 aliphatic carbocycles. The zero-order valence-corrected chi connectivity index (χ0v) is 18.7. The zero-order valence-electron chi connectivity index (χ0n) is 17.9. The van der Waals surface area contributed by atoms with E-state index in [9.17, 15) is 118 Å². The van der Waals surface area contributed by atoms with Gasteiger partial charge in [0.05, 0.1) is 0 Å². The van der Waals surface area contributed by atoms with E-state index in [4.69, 9.17) is 0 Å². The van der Waals surface area contributed by atoms with Crippen LogP contribution in [0.5, 0.6) is 0 Å². The highest BCUT2D eigenvalue weighted by molar-refractivity contribution is 7.87. The Hall–Kier alpha value is -1.84. The molecule has 254 valence electrons. The molecule has 0 aliphatic heterocycles. The molecule has 0 rings (SSSR count). The molecule has 0 aromatic carbocycles. The molecule has 0 aliphatic rings. The molecule has 0 amide bonds. The minimum atomic E-state index is -9.07. The van der Waals surface area contributed by atoms with Crippen LogP contribution >= 0.6 is 0 Å². The molecule has 0 saturated carbocycles. The first kappa shape index (κ1) is 40.2. The van der Waals surface area contributed by atoms with Gasteiger partial charge in [0.1, 0.15) is 6.61 Å². The molecule has 0 unspecified atom stereocenters. The maximum atomic E-state index is 13.5. The minimum Gasteiger partial charge on any atom is -0.259 e. The summed E-state index contributed by atoms with van der Waals surface area (Å²) < 4.78 is 347. The molecule has 3 nitrogen and oxygen atoms in total. The van der Waals surface area contributed by atoms with Crippen molar-refractivity contribution in [3.05, 3.63) is 0 Å². The summed E-state index contributed by atoms with van der Waals surface area (Å²) in [4.78, 5) is 0. The van der Waals surface area contributed by atoms with Crippen molar-refractivity contribution in [2.45, 2.75) is 71.2 Å². The molecular weight excluding hydrogens is 711 g/mol. The summed E-state index contributed by atoms with van der Waals surface area (Å²) in [6.07, 6.45) is -14.0. The quantitative estimate of drug-likeness (QED) is 0.147. The van der Waals surface area contributed by atoms with E-state index in [0.29, 0.717) is 0 Å². The molecule has 0 heterocycles. The molecule has 0 radical (unpaired) electrons. The first-order chi connectivity index (χ1) is 17.7. The summed E-state index contributed by atoms with van der Waals surface area (Å²) in [6, 6.07) is 0. The number of hydrogen-bond acceptors (Lipinski definition) is 3. The maximum Gasteiger partial charge on any atom is 0.460 e. The van der Waals surface area contributed by atoms with Crippen molar-refractivity contribution in [2.75, 3.05) is 6.61 Å². The molecule has 0 bridgehead atoms. The van der Waals surface area contributed by atoms with Crippen LogP contribution in [0, 0.1) is 0 Å². The molecule has 0 saturated heterocycles. The third kappa shape index (κ3) is 5.15. The summed E-state index contributed by atoms with van der Waals surface area (Å²) in [5.41, 5.74) is 0. The van der Waals surface area contributed by atoms with Gasteiger partial charge in [-0.2, -0.15) is 109 Å². The number of rotatable bonds is 13. The predicted molar refractivity (Wildman–Crippen MR) is 76.4 cm³/mol. The highest BCUT2D eigenvalue weighted by atomic mass is 32.2. The number of hydrogen-bond donors (Lipinski definition) is 0. The first-order valence-electron chi connectivity index (χ1n) is 8.67. The fourth-order valence-electron chi connectivity index (χ4n) is 2.00. The van der Waals surface area contributed by atoms with Crippen LogP contribution in [0.3, 0.4) is 0 Å². The molecular formula is C13H3F25O3S. The van der Waals surface area contributed by atoms with E-state index in [1.807, 2.05) is 4.18 Å². The van der Waals surface area contributed by atoms with Crippen LogP contribution < -0.4 is 0 Å². The lowest BCUT2D eigenvalue weighted by molar-refractivity contribution is -0.447. The van der Waals surface area contributed by atoms with E-state index in [-0.39, 0.29) is 0 Å². The van der Waals surface area contributed by atoms with Gasteiger partial charge in [-0.15, -0.1) is 0 Å². The average molecular weight is 714 g/mol. The monoisotopic (exact) mass is 714 g/mol. The molecule has 0 aromatic rings. The van der Waals surface area contributed by atoms with Crippen molar-refractivity contribution in [3.8, 4) is 0 Å². The lowest BCUT2D eigenvalue weighted by atomic mass is 9.89. The van der Waals surface area contributed by atoms with Gasteiger partial charge in [-0.3, -0.25) is 4.18 Å². The third-order valence-electron chi connectivity index (χ3n) is 4.55. The van der Waals surface area contributed by atoms with Crippen molar-refractivity contribution in [3.63, 3.8) is 0 Å². The summed E-state index contributed by atoms with van der Waals surface area (Å²) in [6.45, 7) is -4.80. The Balaban J connectivity index is 6.73. The molecule has 0 spiro atoms. The largest absolute Gasteiger partial charge is 0.460 e. The molecule has 0 aromatic heterocycles. The van der Waals surface area contributed by atoms with Crippen LogP contribution in [0.15, 0.2) is 0 Å². The van der Waals surface area contributed by atoms with Crippen molar-refractivity contribution < 1.29 is 122 Å². The molecule has 0 fully saturated rings. The van der Waals surface area contributed by atoms with Gasteiger partial charge in [0.25, 0.3) is 0 Å². The second kappa shape index (κ2) is 10.1. The van der Waals surface area contributed by atoms with Gasteiger partial charge >= 0.3 is 81.3 Å². The average Bonchev–Trinajstić information content (AvgIpc) is 2.75. The van der Waals surface area contributed by atoms with Gasteiger partial charge < -0.3 is 0 Å². The second-order valence-corrected chi connectivity index (χ2v) is 9.04. The fourth-order valence-corrected chi connectivity index (χ4v) is 2.89. The van der Waals surface area contributed by atoms with E-state index < -0.39 is 87.9 Å². The Morgan fingerprint density at radius 1 is 0.452 bits per heavy atom. The summed E-state index contributed by atoms with van der Waals surface area (Å²) >= 11 is 0. The van der Waals surface area contributed by atoms with E-state index in [1.54, 1.807) is 0 Å². The number of alkyl halides is 25. The van der Waals surface area contributed by atoms with Gasteiger partial charge in [0.15, 0.2) is 0 Å². The molecule has 42 heavy (non-hydrogen) atoms. The van der Waals surface area contributed by atoms with E-state index in [2.05, 4.69) is 0 Å². The SMILES string of the molecule is O=S(=O)(OCC(F)(F)C(F)(F)C(F)(F)C(F)(F)C(F)(F)C(F)(F)C(F)(F)C(F)F)C(F)(F)C(F)(F)C(F)(F)C(F)(F)F. The van der Waals surface area contributed by atoms with Crippen LogP contribution in [0.2, 0.25) is 0 Å². The highest BCUT2D eigenvalue weighted by Gasteiger charge is 2.94. The van der Waals surface area contributed by atoms with Gasteiger partial charge in [0.2, 0.25) is 0 Å². The smallest absolute Gasteiger partial charge is 0.259 e. The number of halogens is 25. The van der Waals surface area contributed by atoms with Crippen LogP contribution in [0.25, 0.3) is 0 Å². The van der Waals surface area contributed by atoms with E-state index in [0.717, 1.165) is 0 Å². The van der Waals surface area contributed by atoms with E-state index in [1.165, 1.54) is 0 Å². The molecule has 0 atom stereocenters. The normalized spacial score (nSPS) is 16.8. The van der Waals surface area contributed by atoms with Crippen LogP contribution in [0.1, 0.15) is 0 Å². The Kier molecular flexibility index (Phi) is 9.65. The lowest BCUT2D eigenvalue weighted by Gasteiger charge is -2.42. The molecule has 0 N–H and O–H groups in total. The summed E-state index contributed by atoms with van der Waals surface area (Å²) in [7, 11) is -8.68. The fraction of sp³-hybridized carbons (Fsp3) is 1.00. The molecule has 29 heteroatoms. The lowest BCUT2D eigenvalue weighted by Crippen LogP contribution is -2.74. The van der Waals surface area contributed by atoms with Gasteiger partial charge in [-0.25, -0.2) is 8.78 Å². The van der Waals surface area contributed by atoms with Crippen molar-refractivity contribution >= 4 is 10.1 Å². The first-order valence-corrected chi connectivity index (χ1v) is 10.1. The van der Waals surface area contributed by atoms with E-state index >= 15 is 0 Å². The summed E-state index contributed by atoms with van der Waals surface area (Å²) in [5.74, 6) is -76.6. The van der Waals surface area contributed by atoms with Crippen molar-refractivity contribution in [1.82, 2.24) is 0 Å². The second-order valence-electron chi connectivity index (χ2n) is 7.38. The minimum absolute atomic E-state index is 1.86. The predicted octanol–water partition coefficient (Wildman–Crippen LogP) is 7.47. The van der Waals surface area contributed by atoms with Crippen LogP contribution in [-0.2, 0) is 14.3 Å². The Bertz CT molecular complexity index is 1090. The Morgan fingerprint density at radius 2 is 0.762 bits per heavy atom. The van der Waals surface area contributed by atoms with Gasteiger partial charge in [-0.05, 0) is 0 Å². The highest BCUT2D eigenvalue weighted by Crippen LogP contribution is 2.63.